The molecule has 0 saturated carbocycles. The average Bonchev–Trinajstić information content (AvgIpc) is 3.03. The number of hydrogen-bond donors (Lipinski definition) is 1. The zero-order chi connectivity index (χ0) is 12.6. The third-order valence-corrected chi connectivity index (χ3v) is 4.14. The Bertz CT molecular complexity index is 497. The van der Waals surface area contributed by atoms with Gasteiger partial charge in [0.05, 0.1) is 11.8 Å². The molecule has 2 rings (SSSR count). The molecule has 0 spiro atoms. The molecular formula is C13H15N3S2. The van der Waals surface area contributed by atoms with Crippen LogP contribution in [0.2, 0.25) is 0 Å². The van der Waals surface area contributed by atoms with Crippen LogP contribution in [0.5, 0.6) is 0 Å². The average molecular weight is 277 g/mol. The van der Waals surface area contributed by atoms with E-state index in [1.807, 2.05) is 0 Å². The van der Waals surface area contributed by atoms with E-state index in [9.17, 15) is 0 Å². The summed E-state index contributed by atoms with van der Waals surface area (Å²) in [5.41, 5.74) is 2.31. The van der Waals surface area contributed by atoms with Crippen molar-refractivity contribution in [3.8, 4) is 16.6 Å². The SMILES string of the molecule is N#CCCCCNCc1csc(-c2ccsc2)n1. The van der Waals surface area contributed by atoms with Crippen LogP contribution in [0.3, 0.4) is 0 Å². The van der Waals surface area contributed by atoms with E-state index >= 15 is 0 Å². The van der Waals surface area contributed by atoms with E-state index in [0.29, 0.717) is 6.42 Å². The Balaban J connectivity index is 1.73. The van der Waals surface area contributed by atoms with Crippen molar-refractivity contribution in [3.63, 3.8) is 0 Å². The zero-order valence-electron chi connectivity index (χ0n) is 10.1. The van der Waals surface area contributed by atoms with E-state index in [0.717, 1.165) is 36.6 Å². The highest BCUT2D eigenvalue weighted by atomic mass is 32.1. The van der Waals surface area contributed by atoms with Crippen LogP contribution in [-0.2, 0) is 6.54 Å². The smallest absolute Gasteiger partial charge is 0.124 e. The first-order chi connectivity index (χ1) is 8.90. The molecule has 3 nitrogen and oxygen atoms in total. The summed E-state index contributed by atoms with van der Waals surface area (Å²) in [7, 11) is 0. The number of nitrogens with one attached hydrogen (secondary N) is 1. The molecule has 0 atom stereocenters. The lowest BCUT2D eigenvalue weighted by Gasteiger charge is -2.00. The summed E-state index contributed by atoms with van der Waals surface area (Å²) in [6.07, 6.45) is 2.68. The van der Waals surface area contributed by atoms with Gasteiger partial charge in [-0.25, -0.2) is 4.98 Å². The Hall–Kier alpha value is -1.22. The lowest BCUT2D eigenvalue weighted by molar-refractivity contribution is 0.623. The van der Waals surface area contributed by atoms with Crippen molar-refractivity contribution in [1.29, 1.82) is 5.26 Å². The molecular weight excluding hydrogens is 262 g/mol. The fourth-order valence-electron chi connectivity index (χ4n) is 1.58. The number of unbranched alkanes of at least 4 members (excludes halogenated alkanes) is 2. The highest BCUT2D eigenvalue weighted by Crippen LogP contribution is 2.25. The Morgan fingerprint density at radius 1 is 1.33 bits per heavy atom. The van der Waals surface area contributed by atoms with Crippen molar-refractivity contribution in [2.24, 2.45) is 0 Å². The summed E-state index contributed by atoms with van der Waals surface area (Å²) in [6.45, 7) is 1.76. The molecule has 0 radical (unpaired) electrons. The fraction of sp³-hybridized carbons (Fsp3) is 0.385. The summed E-state index contributed by atoms with van der Waals surface area (Å²) in [6, 6.07) is 4.26. The predicted octanol–water partition coefficient (Wildman–Crippen LogP) is 3.66. The molecule has 0 aliphatic rings. The summed E-state index contributed by atoms with van der Waals surface area (Å²) in [5, 5.41) is 19.2. The molecule has 0 aliphatic carbocycles. The number of thiophene rings is 1. The molecule has 2 heterocycles. The molecule has 0 aliphatic heterocycles. The minimum atomic E-state index is 0.653. The Morgan fingerprint density at radius 3 is 3.06 bits per heavy atom. The Morgan fingerprint density at radius 2 is 2.28 bits per heavy atom. The van der Waals surface area contributed by atoms with Crippen LogP contribution < -0.4 is 5.32 Å². The second-order valence-electron chi connectivity index (χ2n) is 3.95. The van der Waals surface area contributed by atoms with E-state index in [-0.39, 0.29) is 0 Å². The molecule has 0 fully saturated rings. The molecule has 2 aromatic heterocycles. The first kappa shape index (κ1) is 13.2. The van der Waals surface area contributed by atoms with Gasteiger partial charge in [-0.05, 0) is 30.8 Å². The molecule has 1 N–H and O–H groups in total. The van der Waals surface area contributed by atoms with Gasteiger partial charge in [0.15, 0.2) is 0 Å². The van der Waals surface area contributed by atoms with Crippen molar-refractivity contribution >= 4 is 22.7 Å². The number of rotatable bonds is 7. The number of thiazole rings is 1. The number of hydrogen-bond acceptors (Lipinski definition) is 5. The van der Waals surface area contributed by atoms with Crippen molar-refractivity contribution in [1.82, 2.24) is 10.3 Å². The maximum atomic E-state index is 8.42. The summed E-state index contributed by atoms with van der Waals surface area (Å²) < 4.78 is 0. The zero-order valence-corrected chi connectivity index (χ0v) is 11.7. The van der Waals surface area contributed by atoms with Gasteiger partial charge in [0.1, 0.15) is 5.01 Å². The van der Waals surface area contributed by atoms with Crippen molar-refractivity contribution in [2.45, 2.75) is 25.8 Å². The van der Waals surface area contributed by atoms with Gasteiger partial charge in [0.2, 0.25) is 0 Å². The van der Waals surface area contributed by atoms with Gasteiger partial charge < -0.3 is 5.32 Å². The van der Waals surface area contributed by atoms with Crippen LogP contribution in [0.1, 0.15) is 25.0 Å². The first-order valence-corrected chi connectivity index (χ1v) is 7.77. The van der Waals surface area contributed by atoms with Crippen LogP contribution in [0.15, 0.2) is 22.2 Å². The molecule has 0 saturated heterocycles. The third-order valence-electron chi connectivity index (χ3n) is 2.52. The molecule has 94 valence electrons. The van der Waals surface area contributed by atoms with Crippen LogP contribution in [0.25, 0.3) is 10.6 Å². The van der Waals surface area contributed by atoms with Crippen LogP contribution in [0.4, 0.5) is 0 Å². The molecule has 0 bridgehead atoms. The van der Waals surface area contributed by atoms with Crippen LogP contribution in [-0.4, -0.2) is 11.5 Å². The van der Waals surface area contributed by atoms with Gasteiger partial charge in [-0.15, -0.1) is 11.3 Å². The van der Waals surface area contributed by atoms with E-state index in [1.165, 1.54) is 5.56 Å². The van der Waals surface area contributed by atoms with E-state index in [1.54, 1.807) is 22.7 Å². The number of nitriles is 1. The summed E-state index contributed by atoms with van der Waals surface area (Å²) >= 11 is 3.39. The topological polar surface area (TPSA) is 48.7 Å². The van der Waals surface area contributed by atoms with Crippen molar-refractivity contribution < 1.29 is 0 Å². The Kier molecular flexibility index (Phi) is 5.34. The largest absolute Gasteiger partial charge is 0.311 e. The molecule has 0 aromatic carbocycles. The van der Waals surface area contributed by atoms with Crippen molar-refractivity contribution in [2.75, 3.05) is 6.54 Å². The van der Waals surface area contributed by atoms with E-state index in [2.05, 4.69) is 38.6 Å². The van der Waals surface area contributed by atoms with Gasteiger partial charge in [-0.2, -0.15) is 16.6 Å². The second-order valence-corrected chi connectivity index (χ2v) is 5.59. The molecule has 2 aromatic rings. The van der Waals surface area contributed by atoms with Gasteiger partial charge in [0.25, 0.3) is 0 Å². The number of nitrogens with zero attached hydrogens (tertiary/aromatic N) is 2. The molecule has 0 unspecified atom stereocenters. The van der Waals surface area contributed by atoms with E-state index in [4.69, 9.17) is 5.26 Å². The predicted molar refractivity (Wildman–Crippen MR) is 76.6 cm³/mol. The van der Waals surface area contributed by atoms with Gasteiger partial charge >= 0.3 is 0 Å². The maximum Gasteiger partial charge on any atom is 0.124 e. The monoisotopic (exact) mass is 277 g/mol. The summed E-state index contributed by atoms with van der Waals surface area (Å²) in [4.78, 5) is 4.60. The normalized spacial score (nSPS) is 10.4. The molecule has 0 amide bonds. The molecule has 18 heavy (non-hydrogen) atoms. The van der Waals surface area contributed by atoms with Gasteiger partial charge in [-0.1, -0.05) is 0 Å². The lowest BCUT2D eigenvalue weighted by Crippen LogP contribution is -2.14. The summed E-state index contributed by atoms with van der Waals surface area (Å²) in [5.74, 6) is 0. The van der Waals surface area contributed by atoms with Crippen LogP contribution >= 0.6 is 22.7 Å². The standard InChI is InChI=1S/C13H15N3S2/c14-5-2-1-3-6-15-8-12-10-18-13(16-12)11-4-7-17-9-11/h4,7,9-10,15H,1-3,6,8H2. The Labute approximate surface area is 115 Å². The van der Waals surface area contributed by atoms with Crippen molar-refractivity contribution in [3.05, 3.63) is 27.9 Å². The quantitative estimate of drug-likeness (QED) is 0.786. The maximum absolute atomic E-state index is 8.42. The third kappa shape index (κ3) is 3.91. The lowest BCUT2D eigenvalue weighted by atomic mass is 10.2. The van der Waals surface area contributed by atoms with Crippen LogP contribution in [0, 0.1) is 11.3 Å². The van der Waals surface area contributed by atoms with E-state index < -0.39 is 0 Å². The minimum Gasteiger partial charge on any atom is -0.311 e. The second kappa shape index (κ2) is 7.27. The van der Waals surface area contributed by atoms with Gasteiger partial charge in [0, 0.05) is 29.3 Å². The number of aromatic nitrogens is 1. The fourth-order valence-corrected chi connectivity index (χ4v) is 3.11. The highest BCUT2D eigenvalue weighted by Gasteiger charge is 2.04. The van der Waals surface area contributed by atoms with Gasteiger partial charge in [-0.3, -0.25) is 0 Å². The molecule has 5 heteroatoms. The minimum absolute atomic E-state index is 0.653. The first-order valence-electron chi connectivity index (χ1n) is 5.95. The highest BCUT2D eigenvalue weighted by molar-refractivity contribution is 7.14.